The van der Waals surface area contributed by atoms with Crippen molar-refractivity contribution in [3.8, 4) is 5.75 Å². The van der Waals surface area contributed by atoms with Crippen LogP contribution in [-0.4, -0.2) is 38.2 Å². The van der Waals surface area contributed by atoms with Crippen LogP contribution < -0.4 is 10.1 Å². The maximum atomic E-state index is 14.0. The number of furan rings is 1. The Morgan fingerprint density at radius 1 is 1.29 bits per heavy atom. The average Bonchev–Trinajstić information content (AvgIpc) is 3.03. The molecule has 2 aromatic rings. The summed E-state index contributed by atoms with van der Waals surface area (Å²) in [6.07, 6.45) is 1.66. The summed E-state index contributed by atoms with van der Waals surface area (Å²) in [5.41, 5.74) is 0.880. The number of halogens is 1. The van der Waals surface area contributed by atoms with Crippen LogP contribution in [0.25, 0.3) is 0 Å². The van der Waals surface area contributed by atoms with Gasteiger partial charge in [-0.05, 0) is 29.8 Å². The number of rotatable bonds is 4. The highest BCUT2D eigenvalue weighted by atomic mass is 19.1. The first-order valence-corrected chi connectivity index (χ1v) is 7.11. The standard InChI is InChI=1S/C16H19FN2O2/c1-20-14-5-4-12(11-13(14)17)16(15-3-2-10-21-15)19-8-6-18-7-9-19/h2-5,10-11,16,18H,6-9H2,1H3. The molecule has 2 heterocycles. The normalized spacial score (nSPS) is 17.6. The summed E-state index contributed by atoms with van der Waals surface area (Å²) in [6, 6.07) is 8.84. The lowest BCUT2D eigenvalue weighted by Gasteiger charge is -2.34. The van der Waals surface area contributed by atoms with Gasteiger partial charge >= 0.3 is 0 Å². The first-order chi connectivity index (χ1) is 10.3. The molecule has 1 fully saturated rings. The summed E-state index contributed by atoms with van der Waals surface area (Å²) < 4.78 is 24.6. The Morgan fingerprint density at radius 2 is 2.10 bits per heavy atom. The Balaban J connectivity index is 1.96. The van der Waals surface area contributed by atoms with E-state index in [-0.39, 0.29) is 17.6 Å². The molecular weight excluding hydrogens is 271 g/mol. The minimum absolute atomic E-state index is 0.0671. The molecule has 3 rings (SSSR count). The molecule has 0 bridgehead atoms. The second-order valence-corrected chi connectivity index (χ2v) is 5.10. The van der Waals surface area contributed by atoms with Crippen molar-refractivity contribution in [2.75, 3.05) is 33.3 Å². The lowest BCUT2D eigenvalue weighted by Crippen LogP contribution is -2.45. The van der Waals surface area contributed by atoms with Crippen LogP contribution in [-0.2, 0) is 0 Å². The van der Waals surface area contributed by atoms with Gasteiger partial charge in [-0.15, -0.1) is 0 Å². The lowest BCUT2D eigenvalue weighted by molar-refractivity contribution is 0.179. The summed E-state index contributed by atoms with van der Waals surface area (Å²) in [5.74, 6) is 0.750. The van der Waals surface area contributed by atoms with E-state index in [0.29, 0.717) is 0 Å². The van der Waals surface area contributed by atoms with Gasteiger partial charge in [0.2, 0.25) is 0 Å². The van der Waals surface area contributed by atoms with Crippen molar-refractivity contribution in [2.45, 2.75) is 6.04 Å². The van der Waals surface area contributed by atoms with Gasteiger partial charge in [-0.3, -0.25) is 4.90 Å². The zero-order chi connectivity index (χ0) is 14.7. The van der Waals surface area contributed by atoms with Crippen molar-refractivity contribution in [1.29, 1.82) is 0 Å². The Labute approximate surface area is 123 Å². The molecule has 1 unspecified atom stereocenters. The number of methoxy groups -OCH3 is 1. The van der Waals surface area contributed by atoms with Crippen LogP contribution in [0.1, 0.15) is 17.4 Å². The van der Waals surface area contributed by atoms with Crippen molar-refractivity contribution in [3.63, 3.8) is 0 Å². The molecule has 0 amide bonds. The number of benzene rings is 1. The molecule has 21 heavy (non-hydrogen) atoms. The van der Waals surface area contributed by atoms with E-state index in [1.807, 2.05) is 18.2 Å². The van der Waals surface area contributed by atoms with Crippen LogP contribution in [0.2, 0.25) is 0 Å². The largest absolute Gasteiger partial charge is 0.494 e. The minimum Gasteiger partial charge on any atom is -0.494 e. The van der Waals surface area contributed by atoms with Gasteiger partial charge in [0.25, 0.3) is 0 Å². The molecule has 0 aliphatic carbocycles. The Bertz CT molecular complexity index is 580. The number of piperazine rings is 1. The Hall–Kier alpha value is -1.85. The zero-order valence-corrected chi connectivity index (χ0v) is 12.0. The van der Waals surface area contributed by atoms with Crippen LogP contribution in [0, 0.1) is 5.82 Å². The monoisotopic (exact) mass is 290 g/mol. The lowest BCUT2D eigenvalue weighted by atomic mass is 10.0. The summed E-state index contributed by atoms with van der Waals surface area (Å²) in [4.78, 5) is 2.30. The molecule has 1 aromatic heterocycles. The third-order valence-corrected chi connectivity index (χ3v) is 3.82. The highest BCUT2D eigenvalue weighted by molar-refractivity contribution is 5.34. The maximum absolute atomic E-state index is 14.0. The highest BCUT2D eigenvalue weighted by Gasteiger charge is 2.26. The van der Waals surface area contributed by atoms with Crippen molar-refractivity contribution >= 4 is 0 Å². The molecule has 0 radical (unpaired) electrons. The van der Waals surface area contributed by atoms with Gasteiger partial charge in [-0.25, -0.2) is 4.39 Å². The SMILES string of the molecule is COc1ccc(C(c2ccco2)N2CCNCC2)cc1F. The molecule has 1 aromatic carbocycles. The molecule has 1 saturated heterocycles. The quantitative estimate of drug-likeness (QED) is 0.938. The van der Waals surface area contributed by atoms with Crippen molar-refractivity contribution in [2.24, 2.45) is 0 Å². The average molecular weight is 290 g/mol. The molecule has 4 nitrogen and oxygen atoms in total. The number of ether oxygens (including phenoxy) is 1. The Kier molecular flexibility index (Phi) is 4.22. The molecule has 1 aliphatic rings. The van der Waals surface area contributed by atoms with E-state index >= 15 is 0 Å². The summed E-state index contributed by atoms with van der Waals surface area (Å²) in [6.45, 7) is 3.66. The van der Waals surface area contributed by atoms with Gasteiger partial charge in [0.1, 0.15) is 5.76 Å². The van der Waals surface area contributed by atoms with Gasteiger partial charge in [0.15, 0.2) is 11.6 Å². The molecule has 0 saturated carbocycles. The van der Waals surface area contributed by atoms with E-state index in [1.165, 1.54) is 13.2 Å². The van der Waals surface area contributed by atoms with E-state index in [4.69, 9.17) is 9.15 Å². The predicted octanol–water partition coefficient (Wildman–Crippen LogP) is 2.42. The zero-order valence-electron chi connectivity index (χ0n) is 12.0. The minimum atomic E-state index is -0.346. The number of hydrogen-bond donors (Lipinski definition) is 1. The smallest absolute Gasteiger partial charge is 0.165 e. The highest BCUT2D eigenvalue weighted by Crippen LogP contribution is 2.31. The first kappa shape index (κ1) is 14.1. The van der Waals surface area contributed by atoms with Crippen molar-refractivity contribution in [1.82, 2.24) is 10.2 Å². The van der Waals surface area contributed by atoms with Gasteiger partial charge < -0.3 is 14.5 Å². The summed E-state index contributed by atoms with van der Waals surface area (Å²) in [5, 5.41) is 3.33. The van der Waals surface area contributed by atoms with E-state index in [0.717, 1.165) is 37.5 Å². The maximum Gasteiger partial charge on any atom is 0.165 e. The fourth-order valence-electron chi connectivity index (χ4n) is 2.79. The molecule has 1 N–H and O–H groups in total. The fraction of sp³-hybridized carbons (Fsp3) is 0.375. The predicted molar refractivity (Wildman–Crippen MR) is 77.9 cm³/mol. The Morgan fingerprint density at radius 3 is 2.71 bits per heavy atom. The molecule has 1 atom stereocenters. The van der Waals surface area contributed by atoms with Gasteiger partial charge in [0, 0.05) is 26.2 Å². The van der Waals surface area contributed by atoms with E-state index in [1.54, 1.807) is 12.3 Å². The van der Waals surface area contributed by atoms with Crippen LogP contribution in [0.15, 0.2) is 41.0 Å². The number of nitrogens with one attached hydrogen (secondary N) is 1. The van der Waals surface area contributed by atoms with Crippen LogP contribution in [0.5, 0.6) is 5.75 Å². The third kappa shape index (κ3) is 2.94. The molecule has 5 heteroatoms. The summed E-state index contributed by atoms with van der Waals surface area (Å²) in [7, 11) is 1.47. The van der Waals surface area contributed by atoms with Crippen molar-refractivity contribution < 1.29 is 13.5 Å². The fourth-order valence-corrected chi connectivity index (χ4v) is 2.79. The van der Waals surface area contributed by atoms with Gasteiger partial charge in [0.05, 0.1) is 19.4 Å². The van der Waals surface area contributed by atoms with Crippen LogP contribution in [0.3, 0.4) is 0 Å². The molecule has 0 spiro atoms. The third-order valence-electron chi connectivity index (χ3n) is 3.82. The van der Waals surface area contributed by atoms with E-state index in [9.17, 15) is 4.39 Å². The summed E-state index contributed by atoms with van der Waals surface area (Å²) >= 11 is 0. The van der Waals surface area contributed by atoms with Gasteiger partial charge in [-0.1, -0.05) is 6.07 Å². The molecule has 1 aliphatic heterocycles. The molecule has 112 valence electrons. The van der Waals surface area contributed by atoms with Gasteiger partial charge in [-0.2, -0.15) is 0 Å². The van der Waals surface area contributed by atoms with Crippen LogP contribution >= 0.6 is 0 Å². The van der Waals surface area contributed by atoms with E-state index < -0.39 is 0 Å². The topological polar surface area (TPSA) is 37.6 Å². The number of nitrogens with zero attached hydrogens (tertiary/aromatic N) is 1. The van der Waals surface area contributed by atoms with Crippen molar-refractivity contribution in [3.05, 3.63) is 53.7 Å². The van der Waals surface area contributed by atoms with Crippen LogP contribution in [0.4, 0.5) is 4.39 Å². The number of hydrogen-bond acceptors (Lipinski definition) is 4. The second-order valence-electron chi connectivity index (χ2n) is 5.10. The first-order valence-electron chi connectivity index (χ1n) is 7.11. The van der Waals surface area contributed by atoms with E-state index in [2.05, 4.69) is 10.2 Å². The second kappa shape index (κ2) is 6.28. The molecular formula is C16H19FN2O2.